The minimum Gasteiger partial charge on any atom is -0.475 e. The van der Waals surface area contributed by atoms with E-state index in [1.807, 2.05) is 0 Å². The third-order valence-corrected chi connectivity index (χ3v) is 6.59. The molecule has 3 amide bonds. The van der Waals surface area contributed by atoms with Crippen LogP contribution in [-0.2, 0) is 9.53 Å². The molecular formula is C27H22F3N3O7. The molecule has 3 heterocycles. The van der Waals surface area contributed by atoms with E-state index in [1.54, 1.807) is 41.3 Å². The molecular weight excluding hydrogens is 535 g/mol. The number of carbonyl (C=O) groups excluding carboxylic acids is 4. The molecule has 2 aromatic rings. The number of aliphatic carboxylic acids is 1. The zero-order valence-electron chi connectivity index (χ0n) is 21.0. The Balaban J connectivity index is 0.000000470. The Bertz CT molecular complexity index is 1430. The third-order valence-electron chi connectivity index (χ3n) is 6.59. The van der Waals surface area contributed by atoms with E-state index >= 15 is 0 Å². The summed E-state index contributed by atoms with van der Waals surface area (Å²) in [5, 5.41) is 10.4. The molecule has 0 bridgehead atoms. The number of alkyl halides is 3. The van der Waals surface area contributed by atoms with E-state index in [-0.39, 0.29) is 23.4 Å². The first-order valence-corrected chi connectivity index (χ1v) is 11.8. The number of likely N-dealkylation sites (tertiary alicyclic amines) is 1. The molecule has 3 aliphatic rings. The van der Waals surface area contributed by atoms with E-state index in [4.69, 9.17) is 14.6 Å². The average molecular weight is 557 g/mol. The van der Waals surface area contributed by atoms with Crippen molar-refractivity contribution in [2.24, 2.45) is 5.41 Å². The lowest BCUT2D eigenvalue weighted by atomic mass is 9.74. The lowest BCUT2D eigenvalue weighted by Crippen LogP contribution is -2.71. The van der Waals surface area contributed by atoms with Crippen LogP contribution >= 0.6 is 0 Å². The number of carboxylic acids is 1. The van der Waals surface area contributed by atoms with Gasteiger partial charge in [0, 0.05) is 42.7 Å². The number of nitrogens with one attached hydrogen (secondary N) is 1. The summed E-state index contributed by atoms with van der Waals surface area (Å²) in [5.41, 5.74) is 1.85. The van der Waals surface area contributed by atoms with E-state index in [0.717, 1.165) is 18.0 Å². The second kappa shape index (κ2) is 10.8. The number of hydrogen-bond donors (Lipinski definition) is 2. The minimum absolute atomic E-state index is 0.118. The predicted molar refractivity (Wildman–Crippen MR) is 131 cm³/mol. The van der Waals surface area contributed by atoms with Crippen molar-refractivity contribution in [1.82, 2.24) is 15.1 Å². The molecule has 0 unspecified atom stereocenters. The normalized spacial score (nSPS) is 16.5. The lowest BCUT2D eigenvalue weighted by Gasteiger charge is -2.56. The Morgan fingerprint density at radius 1 is 1.05 bits per heavy atom. The molecule has 0 atom stereocenters. The second-order valence-electron chi connectivity index (χ2n) is 9.36. The first kappa shape index (κ1) is 28.3. The molecule has 208 valence electrons. The van der Waals surface area contributed by atoms with Gasteiger partial charge in [-0.25, -0.2) is 9.59 Å². The Morgan fingerprint density at radius 3 is 2.10 bits per heavy atom. The van der Waals surface area contributed by atoms with Crippen molar-refractivity contribution in [3.8, 4) is 11.8 Å². The van der Waals surface area contributed by atoms with Crippen molar-refractivity contribution in [2.75, 3.05) is 39.8 Å². The molecule has 13 heteroatoms. The predicted octanol–water partition coefficient (Wildman–Crippen LogP) is 1.80. The maximum absolute atomic E-state index is 12.9. The number of benzene rings is 2. The summed E-state index contributed by atoms with van der Waals surface area (Å²) in [7, 11) is 1.27. The van der Waals surface area contributed by atoms with Crippen LogP contribution in [0.2, 0.25) is 0 Å². The van der Waals surface area contributed by atoms with Gasteiger partial charge in [-0.1, -0.05) is 24.0 Å². The van der Waals surface area contributed by atoms with Gasteiger partial charge in [0.25, 0.3) is 17.7 Å². The summed E-state index contributed by atoms with van der Waals surface area (Å²) < 4.78 is 36.6. The summed E-state index contributed by atoms with van der Waals surface area (Å²) in [6, 6.07) is 11.3. The number of ether oxygens (including phenoxy) is 1. The van der Waals surface area contributed by atoms with E-state index in [2.05, 4.69) is 17.2 Å². The standard InChI is InChI=1S/C25H21N3O5.C2HF3O2/c1-33-24(32)18-9-8-17(21(29)27-14-25(15-27)12-26-13-25)11-16(18)5-4-10-28-22(30)19-6-2-3-7-20(19)23(28)31;3-2(4,5)1(6)7/h2-3,6-9,11,26H,10,12-15H2,1H3;(H,6,7). The molecule has 5 rings (SSSR count). The van der Waals surface area contributed by atoms with Gasteiger partial charge in [0.1, 0.15) is 0 Å². The van der Waals surface area contributed by atoms with Crippen LogP contribution in [0, 0.1) is 17.3 Å². The van der Waals surface area contributed by atoms with Gasteiger partial charge in [0.2, 0.25) is 0 Å². The highest BCUT2D eigenvalue weighted by molar-refractivity contribution is 6.21. The van der Waals surface area contributed by atoms with Crippen LogP contribution in [0.3, 0.4) is 0 Å². The van der Waals surface area contributed by atoms with Gasteiger partial charge >= 0.3 is 18.1 Å². The first-order chi connectivity index (χ1) is 18.9. The molecule has 2 aromatic carbocycles. The van der Waals surface area contributed by atoms with Crippen LogP contribution < -0.4 is 5.32 Å². The van der Waals surface area contributed by atoms with E-state index in [1.165, 1.54) is 13.2 Å². The van der Waals surface area contributed by atoms with Gasteiger partial charge < -0.3 is 20.1 Å². The highest BCUT2D eigenvalue weighted by atomic mass is 19.4. The summed E-state index contributed by atoms with van der Waals surface area (Å²) in [6.45, 7) is 3.13. The van der Waals surface area contributed by atoms with Gasteiger partial charge in [-0.3, -0.25) is 19.3 Å². The van der Waals surface area contributed by atoms with Crippen molar-refractivity contribution in [3.05, 3.63) is 70.3 Å². The van der Waals surface area contributed by atoms with Crippen LogP contribution in [0.25, 0.3) is 0 Å². The number of fused-ring (bicyclic) bond motifs is 1. The molecule has 0 saturated carbocycles. The van der Waals surface area contributed by atoms with Crippen LogP contribution in [0.15, 0.2) is 42.5 Å². The summed E-state index contributed by atoms with van der Waals surface area (Å²) >= 11 is 0. The summed E-state index contributed by atoms with van der Waals surface area (Å²) in [5.74, 6) is 1.40. The van der Waals surface area contributed by atoms with Crippen LogP contribution in [0.5, 0.6) is 0 Å². The van der Waals surface area contributed by atoms with E-state index in [0.29, 0.717) is 35.3 Å². The maximum atomic E-state index is 12.9. The molecule has 40 heavy (non-hydrogen) atoms. The van der Waals surface area contributed by atoms with Gasteiger partial charge in [-0.15, -0.1) is 0 Å². The largest absolute Gasteiger partial charge is 0.490 e. The zero-order chi connectivity index (χ0) is 29.2. The Morgan fingerprint density at radius 2 is 1.62 bits per heavy atom. The number of imide groups is 1. The number of nitrogens with zero attached hydrogens (tertiary/aromatic N) is 2. The topological polar surface area (TPSA) is 133 Å². The summed E-state index contributed by atoms with van der Waals surface area (Å²) in [6.07, 6.45) is -5.08. The molecule has 1 spiro atoms. The second-order valence-corrected chi connectivity index (χ2v) is 9.36. The van der Waals surface area contributed by atoms with Gasteiger partial charge in [-0.05, 0) is 30.3 Å². The lowest BCUT2D eigenvalue weighted by molar-refractivity contribution is -0.192. The van der Waals surface area contributed by atoms with E-state index in [9.17, 15) is 32.3 Å². The van der Waals surface area contributed by atoms with Crippen LogP contribution in [0.4, 0.5) is 13.2 Å². The number of methoxy groups -OCH3 is 1. The monoisotopic (exact) mass is 557 g/mol. The minimum atomic E-state index is -5.08. The quantitative estimate of drug-likeness (QED) is 0.332. The molecule has 0 aromatic heterocycles. The van der Waals surface area contributed by atoms with Gasteiger partial charge in [-0.2, -0.15) is 13.2 Å². The molecule has 0 aliphatic carbocycles. The van der Waals surface area contributed by atoms with E-state index < -0.39 is 29.9 Å². The molecule has 2 saturated heterocycles. The fourth-order valence-electron chi connectivity index (χ4n) is 4.46. The molecule has 2 N–H and O–H groups in total. The highest BCUT2D eigenvalue weighted by Crippen LogP contribution is 2.35. The fourth-order valence-corrected chi connectivity index (χ4v) is 4.46. The zero-order valence-corrected chi connectivity index (χ0v) is 21.0. The van der Waals surface area contributed by atoms with Crippen molar-refractivity contribution in [1.29, 1.82) is 0 Å². The number of esters is 1. The van der Waals surface area contributed by atoms with Crippen molar-refractivity contribution in [3.63, 3.8) is 0 Å². The van der Waals surface area contributed by atoms with Crippen molar-refractivity contribution in [2.45, 2.75) is 6.18 Å². The Kier molecular flexibility index (Phi) is 7.66. The Labute approximate surface area is 225 Å². The SMILES string of the molecule is COC(=O)c1ccc(C(=O)N2CC3(CNC3)C2)cc1C#CCN1C(=O)c2ccccc2C1=O.O=C(O)C(F)(F)F. The molecule has 10 nitrogen and oxygen atoms in total. The van der Waals surface area contributed by atoms with Crippen molar-refractivity contribution < 1.29 is 47.0 Å². The molecule has 3 aliphatic heterocycles. The fraction of sp³-hybridized carbons (Fsp3) is 0.296. The van der Waals surface area contributed by atoms with Crippen LogP contribution in [0.1, 0.15) is 47.0 Å². The number of carbonyl (C=O) groups is 5. The van der Waals surface area contributed by atoms with Gasteiger partial charge in [0.15, 0.2) is 0 Å². The Hall–Kier alpha value is -4.70. The smallest absolute Gasteiger partial charge is 0.475 e. The highest BCUT2D eigenvalue weighted by Gasteiger charge is 2.49. The number of carboxylic acid groups (broad SMARTS) is 1. The number of hydrogen-bond acceptors (Lipinski definition) is 7. The average Bonchev–Trinajstić information content (AvgIpc) is 3.11. The molecule has 2 fully saturated rings. The maximum Gasteiger partial charge on any atom is 0.490 e. The number of amides is 3. The van der Waals surface area contributed by atoms with Gasteiger partial charge in [0.05, 0.1) is 30.3 Å². The molecule has 0 radical (unpaired) electrons. The first-order valence-electron chi connectivity index (χ1n) is 11.8. The van der Waals surface area contributed by atoms with Crippen molar-refractivity contribution >= 4 is 29.7 Å². The van der Waals surface area contributed by atoms with Crippen LogP contribution in [-0.4, -0.2) is 90.6 Å². The number of rotatable bonds is 3. The number of halogens is 3. The third kappa shape index (κ3) is 5.52. The summed E-state index contributed by atoms with van der Waals surface area (Å²) in [4.78, 5) is 61.9.